The fourth-order valence-electron chi connectivity index (χ4n) is 3.19. The van der Waals surface area contributed by atoms with Crippen LogP contribution in [0.25, 0.3) is 0 Å². The summed E-state index contributed by atoms with van der Waals surface area (Å²) in [6.45, 7) is 2.54. The van der Waals surface area contributed by atoms with Crippen LogP contribution in [0.4, 0.5) is 4.39 Å². The van der Waals surface area contributed by atoms with Crippen LogP contribution in [0.15, 0.2) is 48.5 Å². The van der Waals surface area contributed by atoms with Crippen molar-refractivity contribution in [1.29, 1.82) is 0 Å². The summed E-state index contributed by atoms with van der Waals surface area (Å²) in [6.07, 6.45) is 10.6. The van der Waals surface area contributed by atoms with Gasteiger partial charge in [0.05, 0.1) is 17.7 Å². The molecule has 162 valence electrons. The van der Waals surface area contributed by atoms with Crippen molar-refractivity contribution in [2.45, 2.75) is 64.7 Å². The summed E-state index contributed by atoms with van der Waals surface area (Å²) in [5, 5.41) is 0. The quantitative estimate of drug-likeness (QED) is 0.207. The van der Waals surface area contributed by atoms with Crippen LogP contribution in [0.1, 0.15) is 85.4 Å². The minimum atomic E-state index is -0.726. The van der Waals surface area contributed by atoms with Gasteiger partial charge in [-0.1, -0.05) is 76.5 Å². The Morgan fingerprint density at radius 3 is 2.00 bits per heavy atom. The number of esters is 2. The monoisotopic (exact) mass is 414 g/mol. The second-order valence-electron chi connectivity index (χ2n) is 7.36. The molecule has 0 aromatic heterocycles. The topological polar surface area (TPSA) is 52.6 Å². The molecule has 30 heavy (non-hydrogen) atoms. The van der Waals surface area contributed by atoms with E-state index in [2.05, 4.69) is 6.92 Å². The zero-order valence-corrected chi connectivity index (χ0v) is 17.7. The first-order valence-corrected chi connectivity index (χ1v) is 10.9. The van der Waals surface area contributed by atoms with E-state index in [0.29, 0.717) is 6.61 Å². The highest BCUT2D eigenvalue weighted by Gasteiger charge is 2.19. The molecular formula is C25H31FO4. The summed E-state index contributed by atoms with van der Waals surface area (Å²) >= 11 is 0. The van der Waals surface area contributed by atoms with Gasteiger partial charge in [-0.15, -0.1) is 0 Å². The van der Waals surface area contributed by atoms with E-state index in [9.17, 15) is 14.0 Å². The number of hydrogen-bond donors (Lipinski definition) is 0. The van der Waals surface area contributed by atoms with Gasteiger partial charge in [0.25, 0.3) is 0 Å². The summed E-state index contributed by atoms with van der Waals surface area (Å²) in [4.78, 5) is 24.9. The lowest BCUT2D eigenvalue weighted by Crippen LogP contribution is -2.16. The molecule has 4 nitrogen and oxygen atoms in total. The Labute approximate surface area is 178 Å². The van der Waals surface area contributed by atoms with Gasteiger partial charge in [-0.25, -0.2) is 14.0 Å². The van der Waals surface area contributed by atoms with Crippen molar-refractivity contribution in [2.24, 2.45) is 0 Å². The number of benzene rings is 2. The zero-order valence-electron chi connectivity index (χ0n) is 17.7. The molecule has 0 unspecified atom stereocenters. The van der Waals surface area contributed by atoms with Gasteiger partial charge in [0.15, 0.2) is 0 Å². The molecule has 0 aliphatic heterocycles. The molecule has 0 saturated carbocycles. The highest BCUT2D eigenvalue weighted by molar-refractivity contribution is 6.03. The van der Waals surface area contributed by atoms with E-state index in [0.717, 1.165) is 25.3 Å². The molecule has 0 atom stereocenters. The molecular weight excluding hydrogens is 383 g/mol. The van der Waals surface area contributed by atoms with Crippen molar-refractivity contribution in [3.8, 4) is 5.75 Å². The van der Waals surface area contributed by atoms with Gasteiger partial charge in [0.1, 0.15) is 11.6 Å². The number of rotatable bonds is 13. The van der Waals surface area contributed by atoms with Crippen molar-refractivity contribution in [1.82, 2.24) is 0 Å². The maximum absolute atomic E-state index is 13.3. The van der Waals surface area contributed by atoms with Crippen molar-refractivity contribution in [3.63, 3.8) is 0 Å². The van der Waals surface area contributed by atoms with Gasteiger partial charge in [-0.05, 0) is 30.7 Å². The van der Waals surface area contributed by atoms with E-state index in [4.69, 9.17) is 9.47 Å². The molecule has 0 N–H and O–H groups in total. The average molecular weight is 415 g/mol. The van der Waals surface area contributed by atoms with Gasteiger partial charge in [0.2, 0.25) is 0 Å². The molecule has 0 amide bonds. The molecule has 5 heteroatoms. The zero-order chi connectivity index (χ0) is 21.6. The minimum absolute atomic E-state index is 0.0814. The van der Waals surface area contributed by atoms with Crippen LogP contribution >= 0.6 is 0 Å². The number of carbonyl (C=O) groups is 2. The SMILES string of the molecule is CCCCCCCCCCCOC(=O)c1ccccc1C(=O)Oc1cccc(F)c1. The molecule has 0 aliphatic rings. The minimum Gasteiger partial charge on any atom is -0.462 e. The van der Waals surface area contributed by atoms with Crippen molar-refractivity contribution >= 4 is 11.9 Å². The third-order valence-electron chi connectivity index (χ3n) is 4.85. The molecule has 2 aromatic carbocycles. The third-order valence-corrected chi connectivity index (χ3v) is 4.85. The molecule has 2 aromatic rings. The lowest BCUT2D eigenvalue weighted by molar-refractivity contribution is 0.0489. The Hall–Kier alpha value is -2.69. The molecule has 0 aliphatic carbocycles. The predicted octanol–water partition coefficient (Wildman–Crippen LogP) is 6.73. The van der Waals surface area contributed by atoms with Crippen LogP contribution in [-0.2, 0) is 4.74 Å². The Balaban J connectivity index is 1.76. The average Bonchev–Trinajstić information content (AvgIpc) is 2.75. The van der Waals surface area contributed by atoms with Gasteiger partial charge >= 0.3 is 11.9 Å². The standard InChI is InChI=1S/C25H31FO4/c1-2-3-4-5-6-7-8-9-12-18-29-24(27)22-16-10-11-17-23(22)25(28)30-21-15-13-14-20(26)19-21/h10-11,13-17,19H,2-9,12,18H2,1H3. The van der Waals surface area contributed by atoms with Gasteiger partial charge in [-0.3, -0.25) is 0 Å². The highest BCUT2D eigenvalue weighted by Crippen LogP contribution is 2.17. The summed E-state index contributed by atoms with van der Waals surface area (Å²) < 4.78 is 23.8. The van der Waals surface area contributed by atoms with E-state index in [-0.39, 0.29) is 16.9 Å². The van der Waals surface area contributed by atoms with Crippen molar-refractivity contribution < 1.29 is 23.5 Å². The molecule has 0 bridgehead atoms. The van der Waals surface area contributed by atoms with Crippen LogP contribution in [0, 0.1) is 5.82 Å². The van der Waals surface area contributed by atoms with Crippen LogP contribution in [0.5, 0.6) is 5.75 Å². The van der Waals surface area contributed by atoms with Crippen LogP contribution in [0.3, 0.4) is 0 Å². The number of hydrogen-bond acceptors (Lipinski definition) is 4. The van der Waals surface area contributed by atoms with E-state index in [1.54, 1.807) is 12.1 Å². The molecule has 0 heterocycles. The first-order chi connectivity index (χ1) is 14.6. The van der Waals surface area contributed by atoms with Crippen LogP contribution < -0.4 is 4.74 Å². The highest BCUT2D eigenvalue weighted by atomic mass is 19.1. The smallest absolute Gasteiger partial charge is 0.344 e. The van der Waals surface area contributed by atoms with Crippen LogP contribution in [0.2, 0.25) is 0 Å². The Bertz CT molecular complexity index is 803. The molecule has 2 rings (SSSR count). The predicted molar refractivity (Wildman–Crippen MR) is 115 cm³/mol. The molecule has 0 fully saturated rings. The third kappa shape index (κ3) is 8.36. The number of ether oxygens (including phenoxy) is 2. The lowest BCUT2D eigenvalue weighted by atomic mass is 10.1. The maximum Gasteiger partial charge on any atom is 0.344 e. The van der Waals surface area contributed by atoms with Gasteiger partial charge in [0, 0.05) is 6.07 Å². The second kappa shape index (κ2) is 13.5. The lowest BCUT2D eigenvalue weighted by Gasteiger charge is -2.10. The summed E-state index contributed by atoms with van der Waals surface area (Å²) in [5.74, 6) is -1.70. The van der Waals surface area contributed by atoms with Crippen molar-refractivity contribution in [2.75, 3.05) is 6.61 Å². The maximum atomic E-state index is 13.3. The first kappa shape index (κ1) is 23.6. The largest absolute Gasteiger partial charge is 0.462 e. The van der Waals surface area contributed by atoms with Crippen molar-refractivity contribution in [3.05, 3.63) is 65.5 Å². The fourth-order valence-corrected chi connectivity index (χ4v) is 3.19. The normalized spacial score (nSPS) is 10.6. The Morgan fingerprint density at radius 1 is 0.767 bits per heavy atom. The Morgan fingerprint density at radius 2 is 1.37 bits per heavy atom. The summed E-state index contributed by atoms with van der Waals surface area (Å²) in [7, 11) is 0. The fraction of sp³-hybridized carbons (Fsp3) is 0.440. The summed E-state index contributed by atoms with van der Waals surface area (Å²) in [6, 6.07) is 11.6. The van der Waals surface area contributed by atoms with E-state index in [1.807, 2.05) is 0 Å². The second-order valence-corrected chi connectivity index (χ2v) is 7.36. The molecule has 0 saturated heterocycles. The molecule has 0 radical (unpaired) electrons. The number of halogens is 1. The van der Waals surface area contributed by atoms with Gasteiger partial charge in [-0.2, -0.15) is 0 Å². The van der Waals surface area contributed by atoms with Gasteiger partial charge < -0.3 is 9.47 Å². The molecule has 0 spiro atoms. The Kier molecular flexibility index (Phi) is 10.6. The van der Waals surface area contributed by atoms with Crippen LogP contribution in [-0.4, -0.2) is 18.5 Å². The first-order valence-electron chi connectivity index (χ1n) is 10.9. The van der Waals surface area contributed by atoms with E-state index in [1.165, 1.54) is 68.9 Å². The number of unbranched alkanes of at least 4 members (excludes halogenated alkanes) is 8. The van der Waals surface area contributed by atoms with E-state index < -0.39 is 17.8 Å². The van der Waals surface area contributed by atoms with E-state index >= 15 is 0 Å². The summed E-state index contributed by atoms with van der Waals surface area (Å²) in [5.41, 5.74) is 0.244. The number of carbonyl (C=O) groups excluding carboxylic acids is 2.